The quantitative estimate of drug-likeness (QED) is 0.538. The fraction of sp³-hybridized carbons (Fsp3) is 0.632. The van der Waals surface area contributed by atoms with E-state index in [1.807, 2.05) is 25.2 Å². The van der Waals surface area contributed by atoms with Crippen LogP contribution in [0.15, 0.2) is 29.3 Å². The average molecular weight is 335 g/mol. The second-order valence-electron chi connectivity index (χ2n) is 6.27. The van der Waals surface area contributed by atoms with Crippen LogP contribution in [-0.4, -0.2) is 51.7 Å². The van der Waals surface area contributed by atoms with Gasteiger partial charge in [0.15, 0.2) is 5.96 Å². The Labute approximate surface area is 147 Å². The molecule has 0 radical (unpaired) electrons. The standard InChI is InChI=1S/C19H34N4O/c1-7-16(8-2)18(23(4)5)14-22-19(20-3)21-13-15-10-9-11-17(12-15)24-6/h9-12,16,18H,7-8,13-14H2,1-6H3,(H2,20,21,22). The van der Waals surface area contributed by atoms with Crippen molar-refractivity contribution in [3.8, 4) is 5.75 Å². The molecule has 2 N–H and O–H groups in total. The van der Waals surface area contributed by atoms with Crippen LogP contribution in [0.5, 0.6) is 5.75 Å². The van der Waals surface area contributed by atoms with Crippen molar-refractivity contribution in [1.29, 1.82) is 0 Å². The summed E-state index contributed by atoms with van der Waals surface area (Å²) in [4.78, 5) is 6.64. The molecule has 1 aromatic carbocycles. The van der Waals surface area contributed by atoms with Crippen molar-refractivity contribution in [2.24, 2.45) is 10.9 Å². The van der Waals surface area contributed by atoms with E-state index >= 15 is 0 Å². The predicted octanol–water partition coefficient (Wildman–Crippen LogP) is 2.73. The number of hydrogen-bond acceptors (Lipinski definition) is 3. The Morgan fingerprint density at radius 1 is 1.21 bits per heavy atom. The third kappa shape index (κ3) is 6.40. The van der Waals surface area contributed by atoms with Gasteiger partial charge in [-0.15, -0.1) is 0 Å². The van der Waals surface area contributed by atoms with Gasteiger partial charge in [-0.3, -0.25) is 4.99 Å². The van der Waals surface area contributed by atoms with Gasteiger partial charge in [0, 0.05) is 26.2 Å². The molecule has 0 aromatic heterocycles. The molecule has 0 saturated heterocycles. The summed E-state index contributed by atoms with van der Waals surface area (Å²) in [6, 6.07) is 8.56. The van der Waals surface area contributed by atoms with Gasteiger partial charge >= 0.3 is 0 Å². The van der Waals surface area contributed by atoms with Crippen LogP contribution in [0.3, 0.4) is 0 Å². The van der Waals surface area contributed by atoms with Gasteiger partial charge in [0.05, 0.1) is 7.11 Å². The number of methoxy groups -OCH3 is 1. The molecule has 0 heterocycles. The summed E-state index contributed by atoms with van der Waals surface area (Å²) in [6.45, 7) is 6.13. The van der Waals surface area contributed by atoms with Crippen LogP contribution in [0.4, 0.5) is 0 Å². The maximum Gasteiger partial charge on any atom is 0.191 e. The first-order valence-corrected chi connectivity index (χ1v) is 8.79. The minimum absolute atomic E-state index is 0.496. The van der Waals surface area contributed by atoms with Crippen LogP contribution in [-0.2, 0) is 6.54 Å². The molecule has 0 fully saturated rings. The van der Waals surface area contributed by atoms with Crippen molar-refractivity contribution < 1.29 is 4.74 Å². The summed E-state index contributed by atoms with van der Waals surface area (Å²) in [5.74, 6) is 2.39. The summed E-state index contributed by atoms with van der Waals surface area (Å²) < 4.78 is 5.27. The molecule has 24 heavy (non-hydrogen) atoms. The zero-order valence-corrected chi connectivity index (χ0v) is 16.1. The van der Waals surface area contributed by atoms with E-state index in [1.165, 1.54) is 18.4 Å². The molecular formula is C19H34N4O. The van der Waals surface area contributed by atoms with Crippen LogP contribution >= 0.6 is 0 Å². The number of ether oxygens (including phenoxy) is 1. The second-order valence-corrected chi connectivity index (χ2v) is 6.27. The van der Waals surface area contributed by atoms with Gasteiger partial charge in [0.25, 0.3) is 0 Å². The lowest BCUT2D eigenvalue weighted by molar-refractivity contribution is 0.200. The molecule has 0 amide bonds. The number of benzene rings is 1. The molecule has 5 nitrogen and oxygen atoms in total. The Hall–Kier alpha value is -1.75. The fourth-order valence-electron chi connectivity index (χ4n) is 2.99. The van der Waals surface area contributed by atoms with Crippen molar-refractivity contribution in [1.82, 2.24) is 15.5 Å². The number of aliphatic imine (C=N–C) groups is 1. The topological polar surface area (TPSA) is 48.9 Å². The van der Waals surface area contributed by atoms with E-state index in [9.17, 15) is 0 Å². The first-order valence-electron chi connectivity index (χ1n) is 8.79. The molecule has 136 valence electrons. The molecule has 0 spiro atoms. The normalized spacial score (nSPS) is 13.2. The Balaban J connectivity index is 2.57. The SMILES string of the molecule is CCC(CC)C(CNC(=NC)NCc1cccc(OC)c1)N(C)C. The minimum atomic E-state index is 0.496. The van der Waals surface area contributed by atoms with Crippen LogP contribution in [0.1, 0.15) is 32.3 Å². The molecule has 1 rings (SSSR count). The molecular weight excluding hydrogens is 300 g/mol. The zero-order valence-electron chi connectivity index (χ0n) is 16.1. The van der Waals surface area contributed by atoms with Gasteiger partial charge in [-0.2, -0.15) is 0 Å². The molecule has 0 bridgehead atoms. The third-order valence-electron chi connectivity index (χ3n) is 4.55. The number of guanidine groups is 1. The Bertz CT molecular complexity index is 498. The van der Waals surface area contributed by atoms with E-state index in [4.69, 9.17) is 4.74 Å². The fourth-order valence-corrected chi connectivity index (χ4v) is 2.99. The first kappa shape index (κ1) is 20.3. The lowest BCUT2D eigenvalue weighted by atomic mass is 9.93. The van der Waals surface area contributed by atoms with E-state index in [0.29, 0.717) is 18.5 Å². The summed E-state index contributed by atoms with van der Waals surface area (Å²) in [5, 5.41) is 6.84. The maximum absolute atomic E-state index is 5.27. The molecule has 0 saturated carbocycles. The highest BCUT2D eigenvalue weighted by Crippen LogP contribution is 2.16. The van der Waals surface area contributed by atoms with Crippen molar-refractivity contribution in [3.05, 3.63) is 29.8 Å². The number of hydrogen-bond donors (Lipinski definition) is 2. The van der Waals surface area contributed by atoms with Crippen LogP contribution in [0, 0.1) is 5.92 Å². The smallest absolute Gasteiger partial charge is 0.191 e. The second kappa shape index (κ2) is 10.9. The van der Waals surface area contributed by atoms with E-state index in [-0.39, 0.29) is 0 Å². The average Bonchev–Trinajstić information content (AvgIpc) is 2.60. The minimum Gasteiger partial charge on any atom is -0.497 e. The Kier molecular flexibility index (Phi) is 9.23. The van der Waals surface area contributed by atoms with Gasteiger partial charge in [-0.05, 0) is 37.7 Å². The maximum atomic E-state index is 5.27. The van der Waals surface area contributed by atoms with Gasteiger partial charge in [0.1, 0.15) is 5.75 Å². The lowest BCUT2D eigenvalue weighted by Crippen LogP contribution is -2.47. The third-order valence-corrected chi connectivity index (χ3v) is 4.55. The van der Waals surface area contributed by atoms with E-state index < -0.39 is 0 Å². The zero-order chi connectivity index (χ0) is 17.9. The monoisotopic (exact) mass is 334 g/mol. The molecule has 0 aliphatic heterocycles. The molecule has 0 aliphatic carbocycles. The highest BCUT2D eigenvalue weighted by atomic mass is 16.5. The summed E-state index contributed by atoms with van der Waals surface area (Å²) in [7, 11) is 7.79. The van der Waals surface area contributed by atoms with Crippen LogP contribution in [0.2, 0.25) is 0 Å². The first-order chi connectivity index (χ1) is 11.5. The van der Waals surface area contributed by atoms with Gasteiger partial charge in [0.2, 0.25) is 0 Å². The Morgan fingerprint density at radius 2 is 1.92 bits per heavy atom. The van der Waals surface area contributed by atoms with Crippen LogP contribution in [0.25, 0.3) is 0 Å². The van der Waals surface area contributed by atoms with E-state index in [2.05, 4.69) is 54.5 Å². The largest absolute Gasteiger partial charge is 0.497 e. The molecule has 1 unspecified atom stereocenters. The van der Waals surface area contributed by atoms with E-state index in [1.54, 1.807) is 7.11 Å². The van der Waals surface area contributed by atoms with Crippen molar-refractivity contribution in [2.45, 2.75) is 39.3 Å². The van der Waals surface area contributed by atoms with Gasteiger partial charge in [-0.1, -0.05) is 38.8 Å². The van der Waals surface area contributed by atoms with E-state index in [0.717, 1.165) is 18.3 Å². The predicted molar refractivity (Wildman–Crippen MR) is 103 cm³/mol. The van der Waals surface area contributed by atoms with Crippen molar-refractivity contribution >= 4 is 5.96 Å². The number of nitrogens with zero attached hydrogens (tertiary/aromatic N) is 2. The van der Waals surface area contributed by atoms with Crippen molar-refractivity contribution in [3.63, 3.8) is 0 Å². The molecule has 1 aromatic rings. The molecule has 5 heteroatoms. The van der Waals surface area contributed by atoms with Crippen molar-refractivity contribution in [2.75, 3.05) is 34.8 Å². The summed E-state index contributed by atoms with van der Waals surface area (Å²) in [6.07, 6.45) is 2.38. The van der Waals surface area contributed by atoms with Gasteiger partial charge in [-0.25, -0.2) is 0 Å². The lowest BCUT2D eigenvalue weighted by Gasteiger charge is -2.32. The summed E-state index contributed by atoms with van der Waals surface area (Å²) >= 11 is 0. The van der Waals surface area contributed by atoms with Crippen LogP contribution < -0.4 is 15.4 Å². The highest BCUT2D eigenvalue weighted by molar-refractivity contribution is 5.79. The Morgan fingerprint density at radius 3 is 2.46 bits per heavy atom. The number of likely N-dealkylation sites (N-methyl/N-ethyl adjacent to an activating group) is 1. The highest BCUT2D eigenvalue weighted by Gasteiger charge is 2.20. The number of rotatable bonds is 9. The molecule has 0 aliphatic rings. The number of nitrogens with one attached hydrogen (secondary N) is 2. The van der Waals surface area contributed by atoms with Gasteiger partial charge < -0.3 is 20.3 Å². The summed E-state index contributed by atoms with van der Waals surface area (Å²) in [5.41, 5.74) is 1.17. The molecule has 1 atom stereocenters.